The molecule has 2 aromatic heterocycles. The summed E-state index contributed by atoms with van der Waals surface area (Å²) in [6, 6.07) is 8.78. The lowest BCUT2D eigenvalue weighted by molar-refractivity contribution is -0.117. The smallest absolute Gasteiger partial charge is 0.257 e. The fraction of sp³-hybridized carbons (Fsp3) is 0.375. The predicted molar refractivity (Wildman–Crippen MR) is 134 cm³/mol. The number of aromatic nitrogens is 3. The second-order valence-corrected chi connectivity index (χ2v) is 9.74. The van der Waals surface area contributed by atoms with Crippen molar-refractivity contribution in [1.82, 2.24) is 25.0 Å². The van der Waals surface area contributed by atoms with Crippen molar-refractivity contribution in [1.29, 1.82) is 0 Å². The van der Waals surface area contributed by atoms with Gasteiger partial charge in [-0.25, -0.2) is 0 Å². The second kappa shape index (κ2) is 10.5. The number of piperazine rings is 1. The maximum Gasteiger partial charge on any atom is 0.257 e. The number of hydrogen-bond acceptors (Lipinski definition) is 9. The Balaban J connectivity index is 1.27. The first-order valence-electron chi connectivity index (χ1n) is 11.6. The van der Waals surface area contributed by atoms with Gasteiger partial charge in [-0.2, -0.15) is 0 Å². The molecule has 0 radical (unpaired) electrons. The normalized spacial score (nSPS) is 16.6. The van der Waals surface area contributed by atoms with E-state index < -0.39 is 0 Å². The molecular formula is C24H27N7O3S. The van der Waals surface area contributed by atoms with Gasteiger partial charge in [0.05, 0.1) is 18.3 Å². The molecule has 1 aliphatic carbocycles. The number of amides is 2. The summed E-state index contributed by atoms with van der Waals surface area (Å²) in [5.41, 5.74) is 1.72. The quantitative estimate of drug-likeness (QED) is 0.492. The van der Waals surface area contributed by atoms with Crippen molar-refractivity contribution >= 4 is 34.0 Å². The average molecular weight is 494 g/mol. The van der Waals surface area contributed by atoms with Crippen molar-refractivity contribution in [2.75, 3.05) is 50.4 Å². The molecule has 182 valence electrons. The molecule has 3 aromatic rings. The number of benzene rings is 1. The highest BCUT2D eigenvalue weighted by Gasteiger charge is 2.26. The molecule has 1 aromatic carbocycles. The lowest BCUT2D eigenvalue weighted by Gasteiger charge is -2.31. The number of pyridine rings is 1. The van der Waals surface area contributed by atoms with E-state index in [4.69, 9.17) is 4.74 Å². The Hall–Kier alpha value is -3.41. The van der Waals surface area contributed by atoms with E-state index in [0.717, 1.165) is 44.6 Å². The van der Waals surface area contributed by atoms with Crippen LogP contribution in [0.25, 0.3) is 10.6 Å². The summed E-state index contributed by atoms with van der Waals surface area (Å²) in [5, 5.41) is 15.0. The SMILES string of the molecule is CN1CCN(CC(=O)Nc2cc(C(=O)Nc3nnc(-c4cccnc4)s3)ccc2OC2CC2)CC1. The minimum Gasteiger partial charge on any atom is -0.488 e. The Morgan fingerprint density at radius 3 is 2.69 bits per heavy atom. The van der Waals surface area contributed by atoms with E-state index in [9.17, 15) is 9.59 Å². The Labute approximate surface area is 207 Å². The zero-order valence-electron chi connectivity index (χ0n) is 19.4. The van der Waals surface area contributed by atoms with Gasteiger partial charge in [-0.3, -0.25) is 24.8 Å². The van der Waals surface area contributed by atoms with Crippen molar-refractivity contribution in [3.63, 3.8) is 0 Å². The van der Waals surface area contributed by atoms with Crippen molar-refractivity contribution in [2.45, 2.75) is 18.9 Å². The van der Waals surface area contributed by atoms with E-state index in [2.05, 4.69) is 42.7 Å². The fourth-order valence-corrected chi connectivity index (χ4v) is 4.41. The van der Waals surface area contributed by atoms with Gasteiger partial charge in [-0.05, 0) is 50.2 Å². The van der Waals surface area contributed by atoms with E-state index in [1.807, 2.05) is 12.1 Å². The van der Waals surface area contributed by atoms with Crippen LogP contribution in [0.15, 0.2) is 42.7 Å². The van der Waals surface area contributed by atoms with E-state index >= 15 is 0 Å². The number of nitrogens with one attached hydrogen (secondary N) is 2. The number of hydrogen-bond donors (Lipinski definition) is 2. The highest BCUT2D eigenvalue weighted by atomic mass is 32.1. The van der Waals surface area contributed by atoms with E-state index in [1.54, 1.807) is 30.6 Å². The van der Waals surface area contributed by atoms with E-state index in [0.29, 0.717) is 33.7 Å². The maximum atomic E-state index is 12.9. The molecule has 2 aliphatic rings. The van der Waals surface area contributed by atoms with Crippen LogP contribution in [0.5, 0.6) is 5.75 Å². The van der Waals surface area contributed by atoms with Crippen molar-refractivity contribution in [3.05, 3.63) is 48.3 Å². The van der Waals surface area contributed by atoms with Gasteiger partial charge < -0.3 is 15.0 Å². The molecule has 11 heteroatoms. The van der Waals surface area contributed by atoms with Crippen LogP contribution in [0, 0.1) is 0 Å². The van der Waals surface area contributed by atoms with Crippen LogP contribution in [-0.4, -0.2) is 82.7 Å². The highest BCUT2D eigenvalue weighted by molar-refractivity contribution is 7.18. The number of anilines is 2. The lowest BCUT2D eigenvalue weighted by Crippen LogP contribution is -2.47. The molecule has 0 unspecified atom stereocenters. The summed E-state index contributed by atoms with van der Waals surface area (Å²) >= 11 is 1.27. The molecular weight excluding hydrogens is 466 g/mol. The molecule has 2 N–H and O–H groups in total. The zero-order chi connectivity index (χ0) is 24.2. The van der Waals surface area contributed by atoms with Gasteiger partial charge >= 0.3 is 0 Å². The molecule has 2 fully saturated rings. The average Bonchev–Trinajstić information content (AvgIpc) is 3.56. The largest absolute Gasteiger partial charge is 0.488 e. The molecule has 35 heavy (non-hydrogen) atoms. The number of rotatable bonds is 8. The third-order valence-electron chi connectivity index (χ3n) is 5.85. The molecule has 0 atom stereocenters. The molecule has 10 nitrogen and oxygen atoms in total. The van der Waals surface area contributed by atoms with Crippen LogP contribution in [0.3, 0.4) is 0 Å². The van der Waals surface area contributed by atoms with Crippen molar-refractivity contribution in [3.8, 4) is 16.3 Å². The van der Waals surface area contributed by atoms with Crippen LogP contribution < -0.4 is 15.4 Å². The Kier molecular flexibility index (Phi) is 6.98. The number of ether oxygens (including phenoxy) is 1. The first-order chi connectivity index (χ1) is 17.0. The van der Waals surface area contributed by atoms with Gasteiger partial charge in [0.2, 0.25) is 11.0 Å². The van der Waals surface area contributed by atoms with Crippen LogP contribution in [0.1, 0.15) is 23.2 Å². The van der Waals surface area contributed by atoms with E-state index in [-0.39, 0.29) is 17.9 Å². The van der Waals surface area contributed by atoms with Crippen LogP contribution in [0.4, 0.5) is 10.8 Å². The van der Waals surface area contributed by atoms with Gasteiger partial charge in [0.1, 0.15) is 5.75 Å². The Bertz CT molecular complexity index is 1190. The molecule has 1 aliphatic heterocycles. The molecule has 2 amide bonds. The van der Waals surface area contributed by atoms with Gasteiger partial charge in [0.25, 0.3) is 5.91 Å². The number of carbonyl (C=O) groups excluding carboxylic acids is 2. The first kappa shape index (κ1) is 23.3. The van der Waals surface area contributed by atoms with Crippen LogP contribution in [-0.2, 0) is 4.79 Å². The summed E-state index contributed by atoms with van der Waals surface area (Å²) in [6.07, 6.45) is 5.53. The lowest BCUT2D eigenvalue weighted by atomic mass is 10.1. The van der Waals surface area contributed by atoms with E-state index in [1.165, 1.54) is 11.3 Å². The van der Waals surface area contributed by atoms with Gasteiger partial charge in [0, 0.05) is 49.7 Å². The Morgan fingerprint density at radius 1 is 1.11 bits per heavy atom. The maximum absolute atomic E-state index is 12.9. The minimum absolute atomic E-state index is 0.127. The van der Waals surface area contributed by atoms with Gasteiger partial charge in [-0.1, -0.05) is 11.3 Å². The number of likely N-dealkylation sites (N-methyl/N-ethyl adjacent to an activating group) is 1. The minimum atomic E-state index is -0.341. The van der Waals surface area contributed by atoms with Gasteiger partial charge in [-0.15, -0.1) is 10.2 Å². The summed E-state index contributed by atoms with van der Waals surface area (Å²) < 4.78 is 5.97. The molecule has 0 bridgehead atoms. The van der Waals surface area contributed by atoms with Crippen molar-refractivity contribution < 1.29 is 14.3 Å². The van der Waals surface area contributed by atoms with Gasteiger partial charge in [0.15, 0.2) is 5.01 Å². The zero-order valence-corrected chi connectivity index (χ0v) is 20.3. The monoisotopic (exact) mass is 493 g/mol. The highest BCUT2D eigenvalue weighted by Crippen LogP contribution is 2.33. The van der Waals surface area contributed by atoms with Crippen molar-refractivity contribution in [2.24, 2.45) is 0 Å². The Morgan fingerprint density at radius 2 is 1.94 bits per heavy atom. The summed E-state index contributed by atoms with van der Waals surface area (Å²) in [6.45, 7) is 3.87. The third-order valence-corrected chi connectivity index (χ3v) is 6.74. The number of nitrogens with zero attached hydrogens (tertiary/aromatic N) is 5. The molecule has 3 heterocycles. The molecule has 1 saturated carbocycles. The first-order valence-corrected chi connectivity index (χ1v) is 12.4. The summed E-state index contributed by atoms with van der Waals surface area (Å²) in [4.78, 5) is 34.2. The van der Waals surface area contributed by atoms with Crippen LogP contribution in [0.2, 0.25) is 0 Å². The third kappa shape index (κ3) is 6.18. The van der Waals surface area contributed by atoms with Crippen LogP contribution >= 0.6 is 11.3 Å². The second-order valence-electron chi connectivity index (χ2n) is 8.76. The topological polar surface area (TPSA) is 113 Å². The predicted octanol–water partition coefficient (Wildman–Crippen LogP) is 2.58. The summed E-state index contributed by atoms with van der Waals surface area (Å²) in [7, 11) is 2.08. The molecule has 1 saturated heterocycles. The fourth-order valence-electron chi connectivity index (χ4n) is 3.68. The molecule has 5 rings (SSSR count). The number of carbonyl (C=O) groups is 2. The molecule has 0 spiro atoms. The summed E-state index contributed by atoms with van der Waals surface area (Å²) in [5.74, 6) is 0.106. The standard InChI is InChI=1S/C24H27N7O3S/c1-30-9-11-31(12-10-30)15-21(32)26-19-13-16(4-7-20(19)34-18-5-6-18)22(33)27-24-29-28-23(35-24)17-3-2-8-25-14-17/h2-4,7-8,13-14,18H,5-6,9-12,15H2,1H3,(H,26,32)(H,27,29,33).